The van der Waals surface area contributed by atoms with Crippen molar-refractivity contribution in [3.05, 3.63) is 63.6 Å². The van der Waals surface area contributed by atoms with Gasteiger partial charge in [-0.25, -0.2) is 4.79 Å². The van der Waals surface area contributed by atoms with Crippen LogP contribution in [0.3, 0.4) is 0 Å². The molecule has 0 fully saturated rings. The summed E-state index contributed by atoms with van der Waals surface area (Å²) in [4.78, 5) is 22.5. The van der Waals surface area contributed by atoms with Crippen LogP contribution in [-0.2, 0) is 6.54 Å². The molecule has 0 aliphatic carbocycles. The van der Waals surface area contributed by atoms with E-state index in [1.54, 1.807) is 13.1 Å². The summed E-state index contributed by atoms with van der Waals surface area (Å²) >= 11 is 0. The van der Waals surface area contributed by atoms with Crippen molar-refractivity contribution in [2.75, 3.05) is 0 Å². The van der Waals surface area contributed by atoms with Crippen LogP contribution in [0.15, 0.2) is 41.3 Å². The molecule has 2 rings (SSSR count). The van der Waals surface area contributed by atoms with Gasteiger partial charge in [-0.2, -0.15) is 5.10 Å². The van der Waals surface area contributed by atoms with Crippen LogP contribution in [0.2, 0.25) is 0 Å². The number of aromatic carboxylic acids is 1. The predicted octanol–water partition coefficient (Wildman–Crippen LogP) is 1.30. The molecule has 0 unspecified atom stereocenters. The topological polar surface area (TPSA) is 72.2 Å². The van der Waals surface area contributed by atoms with Gasteiger partial charge < -0.3 is 5.11 Å². The lowest BCUT2D eigenvalue weighted by atomic mass is 10.2. The fourth-order valence-corrected chi connectivity index (χ4v) is 1.66. The van der Waals surface area contributed by atoms with Gasteiger partial charge in [0.15, 0.2) is 0 Å². The van der Waals surface area contributed by atoms with Crippen LogP contribution in [0.1, 0.15) is 21.6 Å². The van der Waals surface area contributed by atoms with Crippen LogP contribution in [0, 0.1) is 6.92 Å². The summed E-state index contributed by atoms with van der Waals surface area (Å²) in [6.45, 7) is 2.01. The zero-order chi connectivity index (χ0) is 13.1. The molecule has 0 atom stereocenters. The number of aryl methyl sites for hydroxylation is 1. The summed E-state index contributed by atoms with van der Waals surface area (Å²) in [6, 6.07) is 9.51. The molecule has 92 valence electrons. The summed E-state index contributed by atoms with van der Waals surface area (Å²) in [5.41, 5.74) is 0.389. The lowest BCUT2D eigenvalue weighted by molar-refractivity contribution is 0.0686. The highest BCUT2D eigenvalue weighted by Gasteiger charge is 2.13. The fraction of sp³-hybridized carbons (Fsp3) is 0.154. The highest BCUT2D eigenvalue weighted by Crippen LogP contribution is 2.02. The smallest absolute Gasteiger partial charge is 0.360 e. The van der Waals surface area contributed by atoms with Gasteiger partial charge in [0.05, 0.1) is 6.54 Å². The minimum atomic E-state index is -1.30. The van der Waals surface area contributed by atoms with Crippen molar-refractivity contribution < 1.29 is 9.90 Å². The van der Waals surface area contributed by atoms with E-state index in [2.05, 4.69) is 5.10 Å². The molecule has 0 spiro atoms. The quantitative estimate of drug-likeness (QED) is 0.883. The standard InChI is InChI=1S/C13H12N2O3/c1-9-7-15(8-10-5-3-2-4-6-10)14-11(12(9)16)13(17)18/h2-7H,8H2,1H3,(H,17,18). The molecule has 0 bridgehead atoms. The number of benzene rings is 1. The van der Waals surface area contributed by atoms with Crippen molar-refractivity contribution in [3.63, 3.8) is 0 Å². The second-order valence-electron chi connectivity index (χ2n) is 3.98. The number of hydrogen-bond donors (Lipinski definition) is 1. The molecule has 5 nitrogen and oxygen atoms in total. The second-order valence-corrected chi connectivity index (χ2v) is 3.98. The molecule has 1 aromatic carbocycles. The molecule has 1 N–H and O–H groups in total. The average molecular weight is 244 g/mol. The Labute approximate surface area is 103 Å². The molecule has 0 amide bonds. The maximum Gasteiger partial charge on any atom is 0.360 e. The SMILES string of the molecule is Cc1cn(Cc2ccccc2)nc(C(=O)O)c1=O. The highest BCUT2D eigenvalue weighted by molar-refractivity contribution is 5.85. The summed E-state index contributed by atoms with van der Waals surface area (Å²) in [6.07, 6.45) is 1.56. The number of carboxylic acid groups (broad SMARTS) is 1. The monoisotopic (exact) mass is 244 g/mol. The van der Waals surface area contributed by atoms with Crippen molar-refractivity contribution in [2.24, 2.45) is 0 Å². The van der Waals surface area contributed by atoms with E-state index in [1.807, 2.05) is 30.3 Å². The van der Waals surface area contributed by atoms with Gasteiger partial charge in [-0.3, -0.25) is 9.48 Å². The Bertz CT molecular complexity index is 632. The first-order chi connectivity index (χ1) is 8.58. The molecule has 2 aromatic rings. The first-order valence-corrected chi connectivity index (χ1v) is 5.43. The first kappa shape index (κ1) is 12.0. The van der Waals surface area contributed by atoms with E-state index >= 15 is 0 Å². The molecule has 1 heterocycles. The molecule has 18 heavy (non-hydrogen) atoms. The third-order valence-corrected chi connectivity index (χ3v) is 2.53. The van der Waals surface area contributed by atoms with Crippen LogP contribution in [0.5, 0.6) is 0 Å². The van der Waals surface area contributed by atoms with Crippen molar-refractivity contribution in [1.29, 1.82) is 0 Å². The molecule has 1 aromatic heterocycles. The third kappa shape index (κ3) is 2.45. The average Bonchev–Trinajstić information content (AvgIpc) is 2.34. The minimum Gasteiger partial charge on any atom is -0.476 e. The first-order valence-electron chi connectivity index (χ1n) is 5.43. The lowest BCUT2D eigenvalue weighted by Crippen LogP contribution is -2.24. The normalized spacial score (nSPS) is 10.3. The van der Waals surface area contributed by atoms with E-state index in [0.29, 0.717) is 12.1 Å². The van der Waals surface area contributed by atoms with E-state index in [4.69, 9.17) is 5.11 Å². The zero-order valence-electron chi connectivity index (χ0n) is 9.83. The fourth-order valence-electron chi connectivity index (χ4n) is 1.66. The van der Waals surface area contributed by atoms with Gasteiger partial charge in [-0.1, -0.05) is 30.3 Å². The Kier molecular flexibility index (Phi) is 3.23. The van der Waals surface area contributed by atoms with Crippen LogP contribution >= 0.6 is 0 Å². The Morgan fingerprint density at radius 2 is 2.00 bits per heavy atom. The van der Waals surface area contributed by atoms with E-state index < -0.39 is 17.1 Å². The molecule has 0 aliphatic heterocycles. The lowest BCUT2D eigenvalue weighted by Gasteiger charge is -2.07. The Morgan fingerprint density at radius 1 is 1.33 bits per heavy atom. The van der Waals surface area contributed by atoms with Gasteiger partial charge in [-0.15, -0.1) is 0 Å². The second kappa shape index (κ2) is 4.83. The molecule has 5 heteroatoms. The van der Waals surface area contributed by atoms with Crippen molar-refractivity contribution in [3.8, 4) is 0 Å². The van der Waals surface area contributed by atoms with Gasteiger partial charge in [0, 0.05) is 11.8 Å². The largest absolute Gasteiger partial charge is 0.476 e. The molecule has 0 saturated carbocycles. The van der Waals surface area contributed by atoms with Crippen LogP contribution in [0.4, 0.5) is 0 Å². The van der Waals surface area contributed by atoms with E-state index in [0.717, 1.165) is 5.56 Å². The van der Waals surface area contributed by atoms with E-state index in [-0.39, 0.29) is 0 Å². The van der Waals surface area contributed by atoms with Crippen molar-refractivity contribution >= 4 is 5.97 Å². The maximum atomic E-state index is 11.6. The number of carbonyl (C=O) groups is 1. The number of carboxylic acids is 1. The van der Waals surface area contributed by atoms with E-state index in [1.165, 1.54) is 4.68 Å². The molecule has 0 saturated heterocycles. The van der Waals surface area contributed by atoms with Gasteiger partial charge >= 0.3 is 5.97 Å². The summed E-state index contributed by atoms with van der Waals surface area (Å²) < 4.78 is 1.47. The molecular weight excluding hydrogens is 232 g/mol. The van der Waals surface area contributed by atoms with Gasteiger partial charge in [-0.05, 0) is 12.5 Å². The van der Waals surface area contributed by atoms with Gasteiger partial charge in [0.1, 0.15) is 0 Å². The maximum absolute atomic E-state index is 11.6. The highest BCUT2D eigenvalue weighted by atomic mass is 16.4. The summed E-state index contributed by atoms with van der Waals surface area (Å²) in [5, 5.41) is 12.7. The third-order valence-electron chi connectivity index (χ3n) is 2.53. The predicted molar refractivity (Wildman–Crippen MR) is 65.7 cm³/mol. The number of hydrogen-bond acceptors (Lipinski definition) is 3. The van der Waals surface area contributed by atoms with Gasteiger partial charge in [0.25, 0.3) is 0 Å². The van der Waals surface area contributed by atoms with Gasteiger partial charge in [0.2, 0.25) is 11.1 Å². The Hall–Kier alpha value is -2.43. The van der Waals surface area contributed by atoms with Crippen molar-refractivity contribution in [2.45, 2.75) is 13.5 Å². The summed E-state index contributed by atoms with van der Waals surface area (Å²) in [5.74, 6) is -1.30. The Morgan fingerprint density at radius 3 is 2.61 bits per heavy atom. The zero-order valence-corrected chi connectivity index (χ0v) is 9.83. The minimum absolute atomic E-state index is 0.373. The van der Waals surface area contributed by atoms with E-state index in [9.17, 15) is 9.59 Å². The number of nitrogens with zero attached hydrogens (tertiary/aromatic N) is 2. The number of rotatable bonds is 3. The van der Waals surface area contributed by atoms with Crippen LogP contribution in [-0.4, -0.2) is 20.9 Å². The molecule has 0 aliphatic rings. The summed E-state index contributed by atoms with van der Waals surface area (Å²) in [7, 11) is 0. The van der Waals surface area contributed by atoms with Crippen molar-refractivity contribution in [1.82, 2.24) is 9.78 Å². The number of aromatic nitrogens is 2. The molecule has 0 radical (unpaired) electrons. The Balaban J connectivity index is 2.41. The molecular formula is C13H12N2O3. The van der Waals surface area contributed by atoms with Crippen LogP contribution in [0.25, 0.3) is 0 Å². The van der Waals surface area contributed by atoms with Crippen LogP contribution < -0.4 is 5.43 Å².